The molecule has 88 valence electrons. The minimum atomic E-state index is 0.264. The maximum atomic E-state index is 11.9. The summed E-state index contributed by atoms with van der Waals surface area (Å²) in [6.45, 7) is 8.55. The first-order valence-electron chi connectivity index (χ1n) is 6.11. The second-order valence-corrected chi connectivity index (χ2v) is 5.32. The lowest BCUT2D eigenvalue weighted by molar-refractivity contribution is 0.0967. The number of ketones is 1. The standard InChI is InChI=1S/C15H22O/c1-11(2)8-13-6-5-7-14(10-13)15(16)9-12(3)4/h5-7,10-12H,8-9H2,1-4H3. The molecule has 1 rings (SSSR count). The normalized spacial score (nSPS) is 11.1. The van der Waals surface area contributed by atoms with Crippen LogP contribution in [0.1, 0.15) is 50.0 Å². The van der Waals surface area contributed by atoms with Gasteiger partial charge in [-0.05, 0) is 29.9 Å². The van der Waals surface area contributed by atoms with Crippen LogP contribution in [0.25, 0.3) is 0 Å². The van der Waals surface area contributed by atoms with E-state index in [0.717, 1.165) is 12.0 Å². The number of rotatable bonds is 5. The maximum absolute atomic E-state index is 11.9. The minimum absolute atomic E-state index is 0.264. The second-order valence-electron chi connectivity index (χ2n) is 5.32. The average Bonchev–Trinajstić information content (AvgIpc) is 2.16. The van der Waals surface area contributed by atoms with Gasteiger partial charge in [0.15, 0.2) is 5.78 Å². The molecular weight excluding hydrogens is 196 g/mol. The van der Waals surface area contributed by atoms with Gasteiger partial charge in [-0.3, -0.25) is 4.79 Å². The van der Waals surface area contributed by atoms with Crippen molar-refractivity contribution in [2.24, 2.45) is 11.8 Å². The smallest absolute Gasteiger partial charge is 0.163 e. The van der Waals surface area contributed by atoms with E-state index in [1.54, 1.807) is 0 Å². The summed E-state index contributed by atoms with van der Waals surface area (Å²) >= 11 is 0. The Labute approximate surface area is 98.9 Å². The fourth-order valence-corrected chi connectivity index (χ4v) is 1.83. The first kappa shape index (κ1) is 13.0. The Morgan fingerprint density at radius 3 is 2.38 bits per heavy atom. The van der Waals surface area contributed by atoms with Crippen molar-refractivity contribution in [1.29, 1.82) is 0 Å². The van der Waals surface area contributed by atoms with Crippen LogP contribution >= 0.6 is 0 Å². The Balaban J connectivity index is 2.77. The van der Waals surface area contributed by atoms with Gasteiger partial charge < -0.3 is 0 Å². The van der Waals surface area contributed by atoms with Gasteiger partial charge in [0.05, 0.1) is 0 Å². The van der Waals surface area contributed by atoms with Crippen molar-refractivity contribution in [1.82, 2.24) is 0 Å². The molecule has 1 nitrogen and oxygen atoms in total. The Morgan fingerprint density at radius 2 is 1.81 bits per heavy atom. The highest BCUT2D eigenvalue weighted by molar-refractivity contribution is 5.96. The van der Waals surface area contributed by atoms with Gasteiger partial charge >= 0.3 is 0 Å². The molecule has 16 heavy (non-hydrogen) atoms. The zero-order chi connectivity index (χ0) is 12.1. The van der Waals surface area contributed by atoms with Crippen molar-refractivity contribution in [2.75, 3.05) is 0 Å². The van der Waals surface area contributed by atoms with Gasteiger partial charge in [0, 0.05) is 12.0 Å². The van der Waals surface area contributed by atoms with E-state index in [2.05, 4.69) is 33.8 Å². The Bertz CT molecular complexity index is 350. The van der Waals surface area contributed by atoms with Gasteiger partial charge in [0.25, 0.3) is 0 Å². The molecule has 0 radical (unpaired) electrons. The Morgan fingerprint density at radius 1 is 1.12 bits per heavy atom. The fourth-order valence-electron chi connectivity index (χ4n) is 1.83. The van der Waals surface area contributed by atoms with E-state index < -0.39 is 0 Å². The van der Waals surface area contributed by atoms with Crippen molar-refractivity contribution in [3.63, 3.8) is 0 Å². The van der Waals surface area contributed by atoms with Crippen LogP contribution in [0.4, 0.5) is 0 Å². The molecule has 0 bridgehead atoms. The second kappa shape index (κ2) is 5.83. The number of hydrogen-bond acceptors (Lipinski definition) is 1. The van der Waals surface area contributed by atoms with E-state index in [1.807, 2.05) is 18.2 Å². The topological polar surface area (TPSA) is 17.1 Å². The molecular formula is C15H22O. The molecule has 0 amide bonds. The lowest BCUT2D eigenvalue weighted by Crippen LogP contribution is -2.04. The summed E-state index contributed by atoms with van der Waals surface area (Å²) in [5.41, 5.74) is 2.14. The van der Waals surface area contributed by atoms with Crippen LogP contribution in [0.3, 0.4) is 0 Å². The molecule has 1 aromatic carbocycles. The molecule has 0 atom stereocenters. The van der Waals surface area contributed by atoms with E-state index in [-0.39, 0.29) is 5.78 Å². The molecule has 0 N–H and O–H groups in total. The predicted molar refractivity (Wildman–Crippen MR) is 68.8 cm³/mol. The number of Topliss-reactive ketones (excluding diaryl/α,β-unsaturated/α-hetero) is 1. The first-order valence-corrected chi connectivity index (χ1v) is 6.11. The van der Waals surface area contributed by atoms with Crippen LogP contribution in [0.5, 0.6) is 0 Å². The number of carbonyl (C=O) groups excluding carboxylic acids is 1. The van der Waals surface area contributed by atoms with Gasteiger partial charge in [0.2, 0.25) is 0 Å². The summed E-state index contributed by atoms with van der Waals surface area (Å²) in [4.78, 5) is 11.9. The number of hydrogen-bond donors (Lipinski definition) is 0. The van der Waals surface area contributed by atoms with Crippen molar-refractivity contribution in [3.8, 4) is 0 Å². The summed E-state index contributed by atoms with van der Waals surface area (Å²) in [6.07, 6.45) is 1.69. The molecule has 1 aromatic rings. The molecule has 0 aliphatic rings. The van der Waals surface area contributed by atoms with Crippen LogP contribution in [-0.4, -0.2) is 5.78 Å². The van der Waals surface area contributed by atoms with Crippen molar-refractivity contribution in [2.45, 2.75) is 40.5 Å². The highest BCUT2D eigenvalue weighted by atomic mass is 16.1. The minimum Gasteiger partial charge on any atom is -0.294 e. The highest BCUT2D eigenvalue weighted by Crippen LogP contribution is 2.14. The molecule has 1 heteroatoms. The highest BCUT2D eigenvalue weighted by Gasteiger charge is 2.08. The molecule has 0 saturated carbocycles. The molecule has 0 saturated heterocycles. The third-order valence-corrected chi connectivity index (χ3v) is 2.49. The zero-order valence-electron chi connectivity index (χ0n) is 10.8. The molecule has 0 fully saturated rings. The molecule has 0 spiro atoms. The molecule has 0 aliphatic carbocycles. The zero-order valence-corrected chi connectivity index (χ0v) is 10.8. The third kappa shape index (κ3) is 4.18. The summed E-state index contributed by atoms with van der Waals surface area (Å²) in [6, 6.07) is 8.07. The predicted octanol–water partition coefficient (Wildman–Crippen LogP) is 4.11. The van der Waals surface area contributed by atoms with Gasteiger partial charge in [-0.15, -0.1) is 0 Å². The first-order chi connectivity index (χ1) is 7.49. The largest absolute Gasteiger partial charge is 0.294 e. The van der Waals surface area contributed by atoms with Gasteiger partial charge in [-0.2, -0.15) is 0 Å². The van der Waals surface area contributed by atoms with Crippen LogP contribution in [0.2, 0.25) is 0 Å². The number of carbonyl (C=O) groups is 1. The van der Waals surface area contributed by atoms with Crippen LogP contribution in [0.15, 0.2) is 24.3 Å². The molecule has 0 aliphatic heterocycles. The quantitative estimate of drug-likeness (QED) is 0.680. The van der Waals surface area contributed by atoms with Gasteiger partial charge in [0.1, 0.15) is 0 Å². The number of benzene rings is 1. The van der Waals surface area contributed by atoms with Crippen LogP contribution in [-0.2, 0) is 6.42 Å². The SMILES string of the molecule is CC(C)CC(=O)c1cccc(CC(C)C)c1. The van der Waals surface area contributed by atoms with E-state index >= 15 is 0 Å². The van der Waals surface area contributed by atoms with E-state index in [0.29, 0.717) is 18.3 Å². The summed E-state index contributed by atoms with van der Waals surface area (Å²) in [7, 11) is 0. The van der Waals surface area contributed by atoms with Crippen molar-refractivity contribution in [3.05, 3.63) is 35.4 Å². The van der Waals surface area contributed by atoms with Crippen molar-refractivity contribution < 1.29 is 4.79 Å². The lowest BCUT2D eigenvalue weighted by Gasteiger charge is -2.08. The molecule has 0 aromatic heterocycles. The van der Waals surface area contributed by atoms with E-state index in [4.69, 9.17) is 0 Å². The van der Waals surface area contributed by atoms with Crippen molar-refractivity contribution >= 4 is 5.78 Å². The van der Waals surface area contributed by atoms with Gasteiger partial charge in [-0.25, -0.2) is 0 Å². The van der Waals surface area contributed by atoms with E-state index in [1.165, 1.54) is 5.56 Å². The van der Waals surface area contributed by atoms with E-state index in [9.17, 15) is 4.79 Å². The Kier molecular flexibility index (Phi) is 4.72. The Hall–Kier alpha value is -1.11. The summed E-state index contributed by atoms with van der Waals surface area (Å²) in [5, 5.41) is 0. The fraction of sp³-hybridized carbons (Fsp3) is 0.533. The monoisotopic (exact) mass is 218 g/mol. The van der Waals surface area contributed by atoms with Crippen LogP contribution in [0, 0.1) is 11.8 Å². The average molecular weight is 218 g/mol. The van der Waals surface area contributed by atoms with Gasteiger partial charge in [-0.1, -0.05) is 45.9 Å². The lowest BCUT2D eigenvalue weighted by atomic mass is 9.96. The summed E-state index contributed by atoms with van der Waals surface area (Å²) < 4.78 is 0. The molecule has 0 unspecified atom stereocenters. The third-order valence-electron chi connectivity index (χ3n) is 2.49. The maximum Gasteiger partial charge on any atom is 0.163 e. The molecule has 0 heterocycles. The van der Waals surface area contributed by atoms with Crippen LogP contribution < -0.4 is 0 Å². The summed E-state index contributed by atoms with van der Waals surface area (Å²) in [5.74, 6) is 1.33.